The van der Waals surface area contributed by atoms with Gasteiger partial charge in [0, 0.05) is 29.4 Å². The van der Waals surface area contributed by atoms with E-state index in [9.17, 15) is 9.18 Å². The van der Waals surface area contributed by atoms with E-state index >= 15 is 0 Å². The van der Waals surface area contributed by atoms with Gasteiger partial charge in [-0.15, -0.1) is 0 Å². The predicted octanol–water partition coefficient (Wildman–Crippen LogP) is 3.30. The predicted molar refractivity (Wildman–Crippen MR) is 63.7 cm³/mol. The van der Waals surface area contributed by atoms with Gasteiger partial charge in [0.1, 0.15) is 5.82 Å². The fraction of sp³-hybridized carbons (Fsp3) is 0.0769. The molecule has 86 valence electrons. The molecule has 0 radical (unpaired) electrons. The SMILES string of the molecule is O=C(Cc1cc(F)ccc1Cl)c1cccnc1. The standard InChI is InChI=1S/C13H9ClFNO/c14-12-4-3-11(15)6-10(12)7-13(17)9-2-1-5-16-8-9/h1-6,8H,7H2. The van der Waals surface area contributed by atoms with Gasteiger partial charge in [-0.1, -0.05) is 11.6 Å². The largest absolute Gasteiger partial charge is 0.294 e. The summed E-state index contributed by atoms with van der Waals surface area (Å²) in [7, 11) is 0. The molecule has 0 spiro atoms. The highest BCUT2D eigenvalue weighted by Gasteiger charge is 2.10. The third-order valence-electron chi connectivity index (χ3n) is 2.34. The van der Waals surface area contributed by atoms with E-state index in [0.717, 1.165) is 0 Å². The summed E-state index contributed by atoms with van der Waals surface area (Å²) in [5, 5.41) is 0.392. The Morgan fingerprint density at radius 3 is 2.88 bits per heavy atom. The Balaban J connectivity index is 2.22. The van der Waals surface area contributed by atoms with E-state index in [0.29, 0.717) is 16.1 Å². The van der Waals surface area contributed by atoms with Crippen molar-refractivity contribution in [1.29, 1.82) is 0 Å². The Morgan fingerprint density at radius 2 is 2.18 bits per heavy atom. The number of nitrogens with zero attached hydrogens (tertiary/aromatic N) is 1. The molecule has 4 heteroatoms. The van der Waals surface area contributed by atoms with Gasteiger partial charge in [0.25, 0.3) is 0 Å². The van der Waals surface area contributed by atoms with Gasteiger partial charge in [0.05, 0.1) is 0 Å². The molecule has 0 fully saturated rings. The molecule has 0 aliphatic carbocycles. The summed E-state index contributed by atoms with van der Waals surface area (Å²) < 4.78 is 13.0. The van der Waals surface area contributed by atoms with Gasteiger partial charge in [0.2, 0.25) is 0 Å². The number of aromatic nitrogens is 1. The topological polar surface area (TPSA) is 30.0 Å². The summed E-state index contributed by atoms with van der Waals surface area (Å²) in [6.45, 7) is 0. The van der Waals surface area contributed by atoms with E-state index in [4.69, 9.17) is 11.6 Å². The quantitative estimate of drug-likeness (QED) is 0.782. The summed E-state index contributed by atoms with van der Waals surface area (Å²) in [5.74, 6) is -0.533. The average Bonchev–Trinajstić information content (AvgIpc) is 2.35. The first-order valence-corrected chi connectivity index (χ1v) is 5.42. The van der Waals surface area contributed by atoms with Crippen molar-refractivity contribution in [1.82, 2.24) is 4.98 Å². The molecule has 0 amide bonds. The van der Waals surface area contributed by atoms with Crippen molar-refractivity contribution < 1.29 is 9.18 Å². The van der Waals surface area contributed by atoms with Gasteiger partial charge in [-0.25, -0.2) is 4.39 Å². The van der Waals surface area contributed by atoms with Gasteiger partial charge in [0.15, 0.2) is 5.78 Å². The lowest BCUT2D eigenvalue weighted by molar-refractivity contribution is 0.0992. The zero-order valence-electron chi connectivity index (χ0n) is 8.86. The van der Waals surface area contributed by atoms with E-state index < -0.39 is 5.82 Å². The van der Waals surface area contributed by atoms with Gasteiger partial charge >= 0.3 is 0 Å². The van der Waals surface area contributed by atoms with Gasteiger partial charge in [-0.05, 0) is 35.9 Å². The van der Waals surface area contributed by atoms with E-state index in [1.54, 1.807) is 18.3 Å². The fourth-order valence-electron chi connectivity index (χ4n) is 1.48. The first-order valence-electron chi connectivity index (χ1n) is 5.04. The normalized spacial score (nSPS) is 10.2. The average molecular weight is 250 g/mol. The van der Waals surface area contributed by atoms with Crippen LogP contribution in [0.15, 0.2) is 42.7 Å². The van der Waals surface area contributed by atoms with Gasteiger partial charge < -0.3 is 0 Å². The maximum Gasteiger partial charge on any atom is 0.168 e. The minimum atomic E-state index is -0.400. The number of halogens is 2. The molecule has 2 aromatic rings. The molecule has 0 bridgehead atoms. The van der Waals surface area contributed by atoms with Gasteiger partial charge in [-0.2, -0.15) is 0 Å². The smallest absolute Gasteiger partial charge is 0.168 e. The zero-order valence-corrected chi connectivity index (χ0v) is 9.62. The summed E-state index contributed by atoms with van der Waals surface area (Å²) >= 11 is 5.89. The number of rotatable bonds is 3. The monoisotopic (exact) mass is 249 g/mol. The molecule has 1 aromatic heterocycles. The first-order chi connectivity index (χ1) is 8.16. The van der Waals surface area contributed by atoms with Crippen LogP contribution in [0.5, 0.6) is 0 Å². The number of carbonyl (C=O) groups is 1. The van der Waals surface area contributed by atoms with Crippen LogP contribution in [0.25, 0.3) is 0 Å². The highest BCUT2D eigenvalue weighted by Crippen LogP contribution is 2.19. The Bertz CT molecular complexity index is 542. The minimum Gasteiger partial charge on any atom is -0.294 e. The lowest BCUT2D eigenvalue weighted by Crippen LogP contribution is -2.04. The Morgan fingerprint density at radius 1 is 1.35 bits per heavy atom. The van der Waals surface area contributed by atoms with Crippen LogP contribution >= 0.6 is 11.6 Å². The number of hydrogen-bond acceptors (Lipinski definition) is 2. The Hall–Kier alpha value is -1.74. The van der Waals surface area contributed by atoms with Crippen molar-refractivity contribution in [2.45, 2.75) is 6.42 Å². The summed E-state index contributed by atoms with van der Waals surface area (Å²) in [4.78, 5) is 15.7. The molecule has 1 heterocycles. The molecule has 0 N–H and O–H groups in total. The molecule has 2 nitrogen and oxygen atoms in total. The molecule has 0 aliphatic heterocycles. The third kappa shape index (κ3) is 2.88. The third-order valence-corrected chi connectivity index (χ3v) is 2.71. The van der Waals surface area contributed by atoms with Crippen LogP contribution in [0.1, 0.15) is 15.9 Å². The second-order valence-electron chi connectivity index (χ2n) is 3.58. The molecule has 2 rings (SSSR count). The van der Waals surface area contributed by atoms with Crippen LogP contribution < -0.4 is 0 Å². The second kappa shape index (κ2) is 5.06. The highest BCUT2D eigenvalue weighted by atomic mass is 35.5. The molecule has 0 atom stereocenters. The Kier molecular flexibility index (Phi) is 3.49. The maximum absolute atomic E-state index is 13.0. The van der Waals surface area contributed by atoms with Crippen LogP contribution in [0.2, 0.25) is 5.02 Å². The number of Topliss-reactive ketones (excluding diaryl/α,β-unsaturated/α-hetero) is 1. The maximum atomic E-state index is 13.0. The summed E-state index contributed by atoms with van der Waals surface area (Å²) in [6.07, 6.45) is 3.14. The molecule has 1 aromatic carbocycles. The molecule has 0 aliphatic rings. The van der Waals surface area contributed by atoms with E-state index in [-0.39, 0.29) is 12.2 Å². The molecule has 17 heavy (non-hydrogen) atoms. The number of pyridine rings is 1. The van der Waals surface area contributed by atoms with Crippen molar-refractivity contribution in [3.05, 3.63) is 64.7 Å². The summed E-state index contributed by atoms with van der Waals surface area (Å²) in [5.41, 5.74) is 0.980. The molecular weight excluding hydrogens is 241 g/mol. The van der Waals surface area contributed by atoms with Crippen molar-refractivity contribution >= 4 is 17.4 Å². The van der Waals surface area contributed by atoms with Crippen LogP contribution in [0.3, 0.4) is 0 Å². The molecule has 0 saturated carbocycles. The van der Waals surface area contributed by atoms with Crippen molar-refractivity contribution in [2.75, 3.05) is 0 Å². The number of carbonyl (C=O) groups excluding carboxylic acids is 1. The van der Waals surface area contributed by atoms with Crippen LogP contribution in [-0.4, -0.2) is 10.8 Å². The number of ketones is 1. The van der Waals surface area contributed by atoms with E-state index in [2.05, 4.69) is 4.98 Å². The summed E-state index contributed by atoms with van der Waals surface area (Å²) in [6, 6.07) is 7.34. The molecular formula is C13H9ClFNO. The molecule has 0 unspecified atom stereocenters. The van der Waals surface area contributed by atoms with Crippen molar-refractivity contribution in [3.63, 3.8) is 0 Å². The van der Waals surface area contributed by atoms with Crippen molar-refractivity contribution in [2.24, 2.45) is 0 Å². The van der Waals surface area contributed by atoms with E-state index in [1.807, 2.05) is 0 Å². The second-order valence-corrected chi connectivity index (χ2v) is 3.98. The van der Waals surface area contributed by atoms with Crippen LogP contribution in [0, 0.1) is 5.82 Å². The minimum absolute atomic E-state index is 0.0717. The van der Waals surface area contributed by atoms with Crippen molar-refractivity contribution in [3.8, 4) is 0 Å². The van der Waals surface area contributed by atoms with E-state index in [1.165, 1.54) is 24.4 Å². The zero-order chi connectivity index (χ0) is 12.3. The highest BCUT2D eigenvalue weighted by molar-refractivity contribution is 6.31. The number of hydrogen-bond donors (Lipinski definition) is 0. The Labute approximate surface area is 103 Å². The first kappa shape index (κ1) is 11.7. The number of benzene rings is 1. The fourth-order valence-corrected chi connectivity index (χ4v) is 1.67. The molecule has 0 saturated heterocycles. The van der Waals surface area contributed by atoms with Crippen LogP contribution in [0.4, 0.5) is 4.39 Å². The van der Waals surface area contributed by atoms with Gasteiger partial charge in [-0.3, -0.25) is 9.78 Å². The van der Waals surface area contributed by atoms with Crippen LogP contribution in [-0.2, 0) is 6.42 Å². The lowest BCUT2D eigenvalue weighted by atomic mass is 10.0. The lowest BCUT2D eigenvalue weighted by Gasteiger charge is -2.03.